The van der Waals surface area contributed by atoms with E-state index in [1.165, 1.54) is 13.3 Å². The van der Waals surface area contributed by atoms with Gasteiger partial charge in [-0.1, -0.05) is 26.7 Å². The fourth-order valence-corrected chi connectivity index (χ4v) is 1.23. The minimum absolute atomic E-state index is 0.0191. The molecule has 1 saturated carbocycles. The molecule has 0 aliphatic heterocycles. The second-order valence-corrected chi connectivity index (χ2v) is 4.05. The van der Waals surface area contributed by atoms with Crippen LogP contribution in [-0.2, 0) is 9.59 Å². The molecule has 0 bridgehead atoms. The predicted molar refractivity (Wildman–Crippen MR) is 62.2 cm³/mol. The number of carbonyl (C=O) groups is 2. The van der Waals surface area contributed by atoms with Crippen molar-refractivity contribution in [3.63, 3.8) is 0 Å². The molecule has 1 rings (SSSR count). The van der Waals surface area contributed by atoms with E-state index in [4.69, 9.17) is 0 Å². The zero-order chi connectivity index (χ0) is 11.7. The van der Waals surface area contributed by atoms with Crippen molar-refractivity contribution in [2.45, 2.75) is 52.4 Å². The molecule has 2 radical (unpaired) electrons. The largest absolute Gasteiger partial charge is 0.300 e. The summed E-state index contributed by atoms with van der Waals surface area (Å²) in [5.41, 5.74) is 0. The maximum atomic E-state index is 11.0. The molecular formula is C13H22O2. The lowest BCUT2D eigenvalue weighted by molar-refractivity contribution is -0.126. The number of unbranched alkanes of at least 4 members (excludes halogenated alkanes) is 1. The SMILES string of the molecule is CC(=O)CC(=O)CC1[CH]CC1.[CH2]CCC. The Morgan fingerprint density at radius 3 is 2.27 bits per heavy atom. The maximum Gasteiger partial charge on any atom is 0.140 e. The van der Waals surface area contributed by atoms with E-state index in [2.05, 4.69) is 20.3 Å². The summed E-state index contributed by atoms with van der Waals surface area (Å²) in [4.78, 5) is 21.5. The molecule has 2 heteroatoms. The topological polar surface area (TPSA) is 34.1 Å². The Labute approximate surface area is 93.4 Å². The van der Waals surface area contributed by atoms with Crippen molar-refractivity contribution in [3.8, 4) is 0 Å². The van der Waals surface area contributed by atoms with Gasteiger partial charge in [-0.15, -0.1) is 0 Å². The summed E-state index contributed by atoms with van der Waals surface area (Å²) in [6, 6.07) is 0. The van der Waals surface area contributed by atoms with Gasteiger partial charge in [0.15, 0.2) is 0 Å². The van der Waals surface area contributed by atoms with Crippen LogP contribution in [0.3, 0.4) is 0 Å². The van der Waals surface area contributed by atoms with Gasteiger partial charge in [0.1, 0.15) is 11.6 Å². The zero-order valence-electron chi connectivity index (χ0n) is 9.92. The lowest BCUT2D eigenvalue weighted by atomic mass is 9.81. The lowest BCUT2D eigenvalue weighted by Crippen LogP contribution is -2.17. The normalized spacial score (nSPS) is 14.9. The number of hydrogen-bond acceptors (Lipinski definition) is 2. The molecule has 0 heterocycles. The lowest BCUT2D eigenvalue weighted by Gasteiger charge is -2.23. The fourth-order valence-electron chi connectivity index (χ4n) is 1.23. The van der Waals surface area contributed by atoms with Gasteiger partial charge in [0.2, 0.25) is 0 Å². The van der Waals surface area contributed by atoms with Crippen LogP contribution in [0.2, 0.25) is 0 Å². The summed E-state index contributed by atoms with van der Waals surface area (Å²) < 4.78 is 0. The quantitative estimate of drug-likeness (QED) is 0.653. The van der Waals surface area contributed by atoms with Crippen molar-refractivity contribution >= 4 is 11.6 Å². The molecular weight excluding hydrogens is 188 g/mol. The summed E-state index contributed by atoms with van der Waals surface area (Å²) in [5.74, 6) is 0.551. The third-order valence-electron chi connectivity index (χ3n) is 2.33. The van der Waals surface area contributed by atoms with Gasteiger partial charge in [0.05, 0.1) is 6.42 Å². The highest BCUT2D eigenvalue weighted by molar-refractivity contribution is 5.98. The molecule has 1 fully saturated rings. The van der Waals surface area contributed by atoms with E-state index in [0.717, 1.165) is 19.3 Å². The minimum atomic E-state index is -0.0191. The van der Waals surface area contributed by atoms with Crippen molar-refractivity contribution in [2.24, 2.45) is 5.92 Å². The molecule has 1 aliphatic rings. The zero-order valence-corrected chi connectivity index (χ0v) is 9.92. The Bertz CT molecular complexity index is 191. The highest BCUT2D eigenvalue weighted by Gasteiger charge is 2.21. The van der Waals surface area contributed by atoms with Gasteiger partial charge in [-0.2, -0.15) is 0 Å². The first-order valence-electron chi connectivity index (χ1n) is 5.73. The van der Waals surface area contributed by atoms with Crippen molar-refractivity contribution in [1.82, 2.24) is 0 Å². The number of hydrogen-bond donors (Lipinski definition) is 0. The highest BCUT2D eigenvalue weighted by atomic mass is 16.1. The van der Waals surface area contributed by atoms with Crippen LogP contribution in [-0.4, -0.2) is 11.6 Å². The number of rotatable bonds is 5. The van der Waals surface area contributed by atoms with Crippen molar-refractivity contribution in [3.05, 3.63) is 13.3 Å². The van der Waals surface area contributed by atoms with E-state index >= 15 is 0 Å². The summed E-state index contributed by atoms with van der Waals surface area (Å²) in [5, 5.41) is 0. The molecule has 1 aliphatic carbocycles. The van der Waals surface area contributed by atoms with Crippen LogP contribution in [0.1, 0.15) is 52.4 Å². The Hall–Kier alpha value is -0.660. The van der Waals surface area contributed by atoms with E-state index in [1.807, 2.05) is 0 Å². The summed E-state index contributed by atoms with van der Waals surface area (Å²) >= 11 is 0. The van der Waals surface area contributed by atoms with E-state index in [9.17, 15) is 9.59 Å². The van der Waals surface area contributed by atoms with Crippen LogP contribution in [0.4, 0.5) is 0 Å². The van der Waals surface area contributed by atoms with E-state index in [1.54, 1.807) is 0 Å². The molecule has 86 valence electrons. The minimum Gasteiger partial charge on any atom is -0.300 e. The molecule has 15 heavy (non-hydrogen) atoms. The fraction of sp³-hybridized carbons (Fsp3) is 0.692. The number of Topliss-reactive ketones (excluding diaryl/α,β-unsaturated/α-hetero) is 2. The van der Waals surface area contributed by atoms with Gasteiger partial charge in [-0.25, -0.2) is 0 Å². The molecule has 2 nitrogen and oxygen atoms in total. The smallest absolute Gasteiger partial charge is 0.140 e. The maximum absolute atomic E-state index is 11.0. The standard InChI is InChI=1S/C9H13O2.C4H9/c1-7(10)5-9(11)6-8-3-2-4-8;1-3-4-2/h3,8H,2,4-6H2,1H3;1,3-4H2,2H3. The van der Waals surface area contributed by atoms with E-state index in [0.29, 0.717) is 12.3 Å². The van der Waals surface area contributed by atoms with Gasteiger partial charge in [0, 0.05) is 6.42 Å². The van der Waals surface area contributed by atoms with E-state index < -0.39 is 0 Å². The monoisotopic (exact) mass is 210 g/mol. The molecule has 1 atom stereocenters. The molecule has 0 aromatic rings. The molecule has 0 saturated heterocycles. The van der Waals surface area contributed by atoms with Crippen LogP contribution in [0.25, 0.3) is 0 Å². The molecule has 0 aromatic heterocycles. The second kappa shape index (κ2) is 8.63. The molecule has 0 N–H and O–H groups in total. The van der Waals surface area contributed by atoms with Gasteiger partial charge < -0.3 is 0 Å². The van der Waals surface area contributed by atoms with Crippen molar-refractivity contribution in [2.75, 3.05) is 0 Å². The Morgan fingerprint density at radius 2 is 2.00 bits per heavy atom. The number of carbonyl (C=O) groups excluding carboxylic acids is 2. The first kappa shape index (κ1) is 14.3. The van der Waals surface area contributed by atoms with Crippen molar-refractivity contribution in [1.29, 1.82) is 0 Å². The first-order valence-corrected chi connectivity index (χ1v) is 5.73. The Balaban J connectivity index is 0.000000423. The second-order valence-electron chi connectivity index (χ2n) is 4.05. The van der Waals surface area contributed by atoms with Crippen LogP contribution < -0.4 is 0 Å². The predicted octanol–water partition coefficient (Wildman–Crippen LogP) is 3.16. The summed E-state index contributed by atoms with van der Waals surface area (Å²) in [6.45, 7) is 7.18. The van der Waals surface area contributed by atoms with Crippen molar-refractivity contribution < 1.29 is 9.59 Å². The first-order chi connectivity index (χ1) is 7.10. The van der Waals surface area contributed by atoms with Crippen LogP contribution in [0, 0.1) is 19.3 Å². The van der Waals surface area contributed by atoms with Gasteiger partial charge >= 0.3 is 0 Å². The average Bonchev–Trinajstić information content (AvgIpc) is 2.11. The summed E-state index contributed by atoms with van der Waals surface area (Å²) in [7, 11) is 0. The van der Waals surface area contributed by atoms with Gasteiger partial charge in [0.25, 0.3) is 0 Å². The van der Waals surface area contributed by atoms with Crippen LogP contribution >= 0.6 is 0 Å². The third-order valence-corrected chi connectivity index (χ3v) is 2.33. The van der Waals surface area contributed by atoms with Crippen LogP contribution in [0.5, 0.6) is 0 Å². The Kier molecular flexibility index (Phi) is 8.25. The number of ketones is 2. The highest BCUT2D eigenvalue weighted by Crippen LogP contribution is 2.28. The molecule has 0 spiro atoms. The summed E-state index contributed by atoms with van der Waals surface area (Å²) in [6.07, 6.45) is 7.41. The molecule has 1 unspecified atom stereocenters. The van der Waals surface area contributed by atoms with Gasteiger partial charge in [-0.3, -0.25) is 9.59 Å². The molecule has 0 aromatic carbocycles. The Morgan fingerprint density at radius 1 is 1.47 bits per heavy atom. The average molecular weight is 210 g/mol. The van der Waals surface area contributed by atoms with E-state index in [-0.39, 0.29) is 18.0 Å². The van der Waals surface area contributed by atoms with Gasteiger partial charge in [-0.05, 0) is 32.1 Å². The third kappa shape index (κ3) is 8.34. The van der Waals surface area contributed by atoms with Crippen LogP contribution in [0.15, 0.2) is 0 Å². The molecule has 0 amide bonds.